The third-order valence-corrected chi connectivity index (χ3v) is 5.24. The first-order valence-corrected chi connectivity index (χ1v) is 9.04. The zero-order chi connectivity index (χ0) is 16.9. The summed E-state index contributed by atoms with van der Waals surface area (Å²) in [6, 6.07) is 6.27. The maximum Gasteiger partial charge on any atom is 0.317 e. The van der Waals surface area contributed by atoms with Gasteiger partial charge in [0.1, 0.15) is 5.01 Å². The second kappa shape index (κ2) is 7.72. The summed E-state index contributed by atoms with van der Waals surface area (Å²) in [5.74, 6) is 0. The fourth-order valence-corrected chi connectivity index (χ4v) is 3.60. The number of piperazine rings is 1. The first kappa shape index (κ1) is 16.9. The number of carbonyl (C=O) groups is 1. The van der Waals surface area contributed by atoms with Gasteiger partial charge in [-0.2, -0.15) is 0 Å². The molecule has 0 saturated carbocycles. The molecule has 1 fully saturated rings. The van der Waals surface area contributed by atoms with Crippen LogP contribution in [0.1, 0.15) is 28.5 Å². The molecule has 0 radical (unpaired) electrons. The standard InChI is InChI=1S/C17H23N5OS/c1-13-11-19-16(24-13)12-20-17(23)22-9-7-21(8-10-22)14(2)15-5-3-4-6-18-15/h3-6,11,14H,7-10,12H2,1-2H3,(H,20,23). The highest BCUT2D eigenvalue weighted by Crippen LogP contribution is 2.19. The molecule has 0 bridgehead atoms. The van der Waals surface area contributed by atoms with Crippen LogP contribution in [0.3, 0.4) is 0 Å². The highest BCUT2D eigenvalue weighted by molar-refractivity contribution is 7.11. The summed E-state index contributed by atoms with van der Waals surface area (Å²) in [6.07, 6.45) is 3.67. The number of hydrogen-bond acceptors (Lipinski definition) is 5. The predicted molar refractivity (Wildman–Crippen MR) is 94.9 cm³/mol. The van der Waals surface area contributed by atoms with Crippen molar-refractivity contribution in [1.29, 1.82) is 0 Å². The van der Waals surface area contributed by atoms with E-state index < -0.39 is 0 Å². The lowest BCUT2D eigenvalue weighted by atomic mass is 10.1. The molecule has 1 N–H and O–H groups in total. The Labute approximate surface area is 146 Å². The van der Waals surface area contributed by atoms with E-state index in [1.165, 1.54) is 0 Å². The largest absolute Gasteiger partial charge is 0.331 e. The molecule has 0 spiro atoms. The van der Waals surface area contributed by atoms with Gasteiger partial charge in [-0.05, 0) is 26.0 Å². The van der Waals surface area contributed by atoms with Crippen LogP contribution >= 0.6 is 11.3 Å². The fourth-order valence-electron chi connectivity index (χ4n) is 2.87. The SMILES string of the molecule is Cc1cnc(CNC(=O)N2CCN(C(C)c3ccccn3)CC2)s1. The molecular weight excluding hydrogens is 322 g/mol. The average Bonchev–Trinajstić information content (AvgIpc) is 3.05. The first-order chi connectivity index (χ1) is 11.6. The van der Waals surface area contributed by atoms with Crippen molar-refractivity contribution in [1.82, 2.24) is 25.1 Å². The van der Waals surface area contributed by atoms with E-state index in [9.17, 15) is 4.79 Å². The van der Waals surface area contributed by atoms with Gasteiger partial charge in [0.2, 0.25) is 0 Å². The van der Waals surface area contributed by atoms with Gasteiger partial charge in [-0.1, -0.05) is 6.07 Å². The van der Waals surface area contributed by atoms with Gasteiger partial charge in [0.15, 0.2) is 0 Å². The van der Waals surface area contributed by atoms with E-state index in [1.54, 1.807) is 11.3 Å². The van der Waals surface area contributed by atoms with E-state index in [0.29, 0.717) is 6.54 Å². The maximum atomic E-state index is 12.3. The number of aryl methyl sites for hydroxylation is 1. The van der Waals surface area contributed by atoms with Gasteiger partial charge < -0.3 is 10.2 Å². The number of pyridine rings is 1. The van der Waals surface area contributed by atoms with Crippen molar-refractivity contribution in [2.75, 3.05) is 26.2 Å². The monoisotopic (exact) mass is 345 g/mol. The van der Waals surface area contributed by atoms with Crippen molar-refractivity contribution >= 4 is 17.4 Å². The summed E-state index contributed by atoms with van der Waals surface area (Å²) in [7, 11) is 0. The molecule has 1 unspecified atom stereocenters. The molecule has 0 aliphatic carbocycles. The molecule has 2 aromatic heterocycles. The summed E-state index contributed by atoms with van der Waals surface area (Å²) in [4.78, 5) is 26.4. The van der Waals surface area contributed by atoms with Crippen LogP contribution in [0.4, 0.5) is 4.79 Å². The number of amides is 2. The van der Waals surface area contributed by atoms with Crippen LogP contribution in [0.25, 0.3) is 0 Å². The normalized spacial score (nSPS) is 16.8. The highest BCUT2D eigenvalue weighted by atomic mass is 32.1. The summed E-state index contributed by atoms with van der Waals surface area (Å²) >= 11 is 1.62. The zero-order valence-corrected chi connectivity index (χ0v) is 14.9. The zero-order valence-electron chi connectivity index (χ0n) is 14.1. The maximum absolute atomic E-state index is 12.3. The predicted octanol–water partition coefficient (Wildman–Crippen LogP) is 2.43. The Morgan fingerprint density at radius 1 is 1.29 bits per heavy atom. The van der Waals surface area contributed by atoms with Crippen LogP contribution in [0, 0.1) is 6.92 Å². The van der Waals surface area contributed by atoms with Crippen molar-refractivity contribution in [2.24, 2.45) is 0 Å². The lowest BCUT2D eigenvalue weighted by molar-refractivity contribution is 0.112. The van der Waals surface area contributed by atoms with Crippen molar-refractivity contribution in [3.8, 4) is 0 Å². The van der Waals surface area contributed by atoms with E-state index in [-0.39, 0.29) is 12.1 Å². The van der Waals surface area contributed by atoms with Crippen LogP contribution in [-0.2, 0) is 6.54 Å². The number of nitrogens with one attached hydrogen (secondary N) is 1. The number of urea groups is 1. The number of carbonyl (C=O) groups excluding carboxylic acids is 1. The van der Waals surface area contributed by atoms with Crippen molar-refractivity contribution in [3.63, 3.8) is 0 Å². The van der Waals surface area contributed by atoms with Crippen LogP contribution in [0.2, 0.25) is 0 Å². The Hall–Kier alpha value is -1.99. The Morgan fingerprint density at radius 2 is 2.08 bits per heavy atom. The van der Waals surface area contributed by atoms with Gasteiger partial charge in [0.05, 0.1) is 12.2 Å². The molecule has 1 aliphatic rings. The Bertz CT molecular complexity index is 667. The number of hydrogen-bond donors (Lipinski definition) is 1. The molecule has 3 heterocycles. The van der Waals surface area contributed by atoms with Gasteiger partial charge >= 0.3 is 6.03 Å². The number of rotatable bonds is 4. The molecule has 1 saturated heterocycles. The Morgan fingerprint density at radius 3 is 2.71 bits per heavy atom. The van der Waals surface area contributed by atoms with Crippen LogP contribution in [0.15, 0.2) is 30.6 Å². The minimum atomic E-state index is -0.00649. The van der Waals surface area contributed by atoms with Crippen LogP contribution < -0.4 is 5.32 Å². The molecule has 24 heavy (non-hydrogen) atoms. The second-order valence-electron chi connectivity index (χ2n) is 5.98. The van der Waals surface area contributed by atoms with Gasteiger partial charge in [-0.25, -0.2) is 9.78 Å². The number of thiazole rings is 1. The molecule has 1 aliphatic heterocycles. The third-order valence-electron chi connectivity index (χ3n) is 4.32. The third kappa shape index (κ3) is 4.10. The molecule has 6 nitrogen and oxygen atoms in total. The van der Waals surface area contributed by atoms with Crippen molar-refractivity contribution < 1.29 is 4.79 Å². The first-order valence-electron chi connectivity index (χ1n) is 8.22. The van der Waals surface area contributed by atoms with E-state index in [0.717, 1.165) is 41.8 Å². The minimum absolute atomic E-state index is 0.00649. The summed E-state index contributed by atoms with van der Waals surface area (Å²) in [6.45, 7) is 7.89. The van der Waals surface area contributed by atoms with E-state index in [1.807, 2.05) is 36.4 Å². The molecular formula is C17H23N5OS. The second-order valence-corrected chi connectivity index (χ2v) is 7.30. The Balaban J connectivity index is 1.47. The average molecular weight is 345 g/mol. The van der Waals surface area contributed by atoms with Crippen LogP contribution in [0.5, 0.6) is 0 Å². The van der Waals surface area contributed by atoms with Gasteiger partial charge in [-0.15, -0.1) is 11.3 Å². The summed E-state index contributed by atoms with van der Waals surface area (Å²) in [5.41, 5.74) is 1.08. The quantitative estimate of drug-likeness (QED) is 0.924. The smallest absolute Gasteiger partial charge is 0.317 e. The lowest BCUT2D eigenvalue weighted by Gasteiger charge is -2.37. The number of aromatic nitrogens is 2. The molecule has 2 aromatic rings. The Kier molecular flexibility index (Phi) is 5.42. The fraction of sp³-hybridized carbons (Fsp3) is 0.471. The van der Waals surface area contributed by atoms with Crippen molar-refractivity contribution in [2.45, 2.75) is 26.4 Å². The van der Waals surface area contributed by atoms with E-state index >= 15 is 0 Å². The van der Waals surface area contributed by atoms with Crippen molar-refractivity contribution in [3.05, 3.63) is 46.2 Å². The molecule has 0 aromatic carbocycles. The van der Waals surface area contributed by atoms with Gasteiger partial charge in [0.25, 0.3) is 0 Å². The summed E-state index contributed by atoms with van der Waals surface area (Å²) in [5, 5.41) is 3.91. The van der Waals surface area contributed by atoms with Gasteiger partial charge in [0, 0.05) is 49.5 Å². The van der Waals surface area contributed by atoms with E-state index in [4.69, 9.17) is 0 Å². The van der Waals surface area contributed by atoms with E-state index in [2.05, 4.69) is 33.2 Å². The number of nitrogens with zero attached hydrogens (tertiary/aromatic N) is 4. The van der Waals surface area contributed by atoms with Gasteiger partial charge in [-0.3, -0.25) is 9.88 Å². The minimum Gasteiger partial charge on any atom is -0.331 e. The summed E-state index contributed by atoms with van der Waals surface area (Å²) < 4.78 is 0. The van der Waals surface area contributed by atoms with Crippen LogP contribution in [-0.4, -0.2) is 52.0 Å². The highest BCUT2D eigenvalue weighted by Gasteiger charge is 2.25. The lowest BCUT2D eigenvalue weighted by Crippen LogP contribution is -2.52. The topological polar surface area (TPSA) is 61.4 Å². The molecule has 128 valence electrons. The molecule has 2 amide bonds. The molecule has 3 rings (SSSR count). The molecule has 7 heteroatoms. The molecule has 1 atom stereocenters.